The number of nitrogens with zero attached hydrogens (tertiary/aromatic N) is 5. The summed E-state index contributed by atoms with van der Waals surface area (Å²) in [5, 5.41) is 2.14. The molecular weight excluding hydrogens is 719 g/mol. The maximum atomic E-state index is 5.36. The van der Waals surface area contributed by atoms with Crippen LogP contribution in [0.4, 0.5) is 0 Å². The zero-order valence-electron chi connectivity index (χ0n) is 33.0. The molecule has 0 saturated carbocycles. The summed E-state index contributed by atoms with van der Waals surface area (Å²) < 4.78 is 0. The highest BCUT2D eigenvalue weighted by atomic mass is 14.9. The molecule has 5 heteroatoms. The van der Waals surface area contributed by atoms with E-state index in [0.29, 0.717) is 5.70 Å². The third-order valence-corrected chi connectivity index (χ3v) is 11.1. The first-order valence-corrected chi connectivity index (χ1v) is 20.2. The lowest BCUT2D eigenvalue weighted by molar-refractivity contribution is 0.833. The van der Waals surface area contributed by atoms with Crippen molar-refractivity contribution in [3.05, 3.63) is 217 Å². The van der Waals surface area contributed by atoms with Crippen LogP contribution in [0.2, 0.25) is 0 Å². The molecule has 0 radical (unpaired) electrons. The Morgan fingerprint density at radius 3 is 2.42 bits per heavy atom. The summed E-state index contributed by atoms with van der Waals surface area (Å²) in [6, 6.07) is 34.1. The van der Waals surface area contributed by atoms with Crippen molar-refractivity contribution in [1.29, 1.82) is 0 Å². The van der Waals surface area contributed by atoms with Gasteiger partial charge in [-0.3, -0.25) is 4.98 Å². The Bertz CT molecular complexity index is 2910. The average Bonchev–Trinajstić information content (AvgIpc) is 3.61. The molecule has 0 aliphatic heterocycles. The Kier molecular flexibility index (Phi) is 10.8. The summed E-state index contributed by atoms with van der Waals surface area (Å²) in [7, 11) is 0. The van der Waals surface area contributed by atoms with Gasteiger partial charge in [-0.2, -0.15) is 0 Å². The number of allylic oxidation sites excluding steroid dienone is 13. The molecule has 0 spiro atoms. The molecule has 2 unspecified atom stereocenters. The summed E-state index contributed by atoms with van der Waals surface area (Å²) in [6.45, 7) is 6.04. The van der Waals surface area contributed by atoms with Crippen molar-refractivity contribution in [3.63, 3.8) is 0 Å². The minimum absolute atomic E-state index is 0.0465. The van der Waals surface area contributed by atoms with Gasteiger partial charge in [0.2, 0.25) is 0 Å². The molecule has 3 aliphatic rings. The molecule has 0 N–H and O–H groups in total. The molecule has 284 valence electrons. The van der Waals surface area contributed by atoms with Crippen LogP contribution in [0.1, 0.15) is 48.9 Å². The fourth-order valence-corrected chi connectivity index (χ4v) is 7.95. The first-order valence-electron chi connectivity index (χ1n) is 20.2. The topological polar surface area (TPSA) is 63.4 Å². The number of hydrogen-bond donors (Lipinski definition) is 0. The largest absolute Gasteiger partial charge is 0.265 e. The molecule has 0 bridgehead atoms. The van der Waals surface area contributed by atoms with Crippen LogP contribution in [0.3, 0.4) is 0 Å². The molecule has 6 aromatic rings. The molecule has 3 aromatic heterocycles. The number of benzene rings is 3. The van der Waals surface area contributed by atoms with Crippen LogP contribution < -0.4 is 0 Å². The number of amidine groups is 1. The molecule has 3 heterocycles. The van der Waals surface area contributed by atoms with Gasteiger partial charge in [0.25, 0.3) is 0 Å². The quantitative estimate of drug-likeness (QED) is 0.0671. The first-order chi connectivity index (χ1) is 29.1. The normalized spacial score (nSPS) is 17.8. The Hall–Kier alpha value is -7.33. The predicted molar refractivity (Wildman–Crippen MR) is 247 cm³/mol. The monoisotopic (exact) mass is 761 g/mol. The van der Waals surface area contributed by atoms with Crippen LogP contribution >= 0.6 is 0 Å². The van der Waals surface area contributed by atoms with Gasteiger partial charge < -0.3 is 0 Å². The van der Waals surface area contributed by atoms with E-state index in [9.17, 15) is 0 Å². The van der Waals surface area contributed by atoms with Crippen LogP contribution in [0.15, 0.2) is 210 Å². The Balaban J connectivity index is 1.08. The van der Waals surface area contributed by atoms with Gasteiger partial charge in [-0.1, -0.05) is 152 Å². The zero-order valence-corrected chi connectivity index (χ0v) is 33.0. The number of aromatic nitrogens is 3. The van der Waals surface area contributed by atoms with Crippen molar-refractivity contribution in [2.45, 2.75) is 32.1 Å². The molecule has 59 heavy (non-hydrogen) atoms. The molecule has 0 amide bonds. The molecular formula is C54H43N5. The van der Waals surface area contributed by atoms with Crippen LogP contribution in [0.5, 0.6) is 0 Å². The summed E-state index contributed by atoms with van der Waals surface area (Å²) in [6.07, 6.45) is 31.9. The van der Waals surface area contributed by atoms with Gasteiger partial charge in [0.1, 0.15) is 11.5 Å². The van der Waals surface area contributed by atoms with Crippen LogP contribution in [-0.2, 0) is 0 Å². The van der Waals surface area contributed by atoms with Gasteiger partial charge in [-0.05, 0) is 78.3 Å². The molecule has 2 atom stereocenters. The van der Waals surface area contributed by atoms with Crippen LogP contribution in [0.25, 0.3) is 55.5 Å². The van der Waals surface area contributed by atoms with Crippen molar-refractivity contribution >= 4 is 44.6 Å². The third-order valence-electron chi connectivity index (χ3n) is 11.1. The third kappa shape index (κ3) is 8.11. The van der Waals surface area contributed by atoms with Gasteiger partial charge in [0.15, 0.2) is 0 Å². The summed E-state index contributed by atoms with van der Waals surface area (Å²) in [5.74, 6) is 0.957. The minimum Gasteiger partial charge on any atom is -0.265 e. The molecule has 3 aromatic carbocycles. The van der Waals surface area contributed by atoms with E-state index in [0.717, 1.165) is 91.8 Å². The highest BCUT2D eigenvalue weighted by Crippen LogP contribution is 2.38. The molecule has 9 rings (SSSR count). The highest BCUT2D eigenvalue weighted by molar-refractivity contribution is 6.10. The second-order valence-electron chi connectivity index (χ2n) is 14.9. The second-order valence-corrected chi connectivity index (χ2v) is 14.9. The predicted octanol–water partition coefficient (Wildman–Crippen LogP) is 13.2. The van der Waals surface area contributed by atoms with Gasteiger partial charge in [0.05, 0.1) is 22.4 Å². The van der Waals surface area contributed by atoms with Crippen LogP contribution in [0, 0.1) is 5.92 Å². The lowest BCUT2D eigenvalue weighted by Crippen LogP contribution is -2.15. The van der Waals surface area contributed by atoms with Crippen molar-refractivity contribution in [2.75, 3.05) is 0 Å². The lowest BCUT2D eigenvalue weighted by Gasteiger charge is -2.21. The number of rotatable bonds is 8. The minimum atomic E-state index is 0.0465. The van der Waals surface area contributed by atoms with E-state index >= 15 is 0 Å². The van der Waals surface area contributed by atoms with Gasteiger partial charge in [-0.25, -0.2) is 20.0 Å². The van der Waals surface area contributed by atoms with E-state index < -0.39 is 0 Å². The zero-order chi connectivity index (χ0) is 40.0. The van der Waals surface area contributed by atoms with Gasteiger partial charge in [0, 0.05) is 51.8 Å². The molecule has 5 nitrogen and oxygen atoms in total. The SMILES string of the molecule is C=C=C(N=C(N=C(C)C1=CC=CC(c2cccc(-c3cc(C4=CCC=CC=C4)nc4c3ccc3ccc(-c5ccccc5)nc34)c2)C1)C1C=CC=CC1)c1ccncc1. The van der Waals surface area contributed by atoms with E-state index in [2.05, 4.69) is 176 Å². The maximum Gasteiger partial charge on any atom is 0.137 e. The smallest absolute Gasteiger partial charge is 0.137 e. The Morgan fingerprint density at radius 1 is 0.746 bits per heavy atom. The standard InChI is InChI=1S/C54H43N5/c1-3-49(40-30-32-55-33-31-40)59-54(42-20-12-7-13-21-42)56-37(2)43-22-14-23-44(34-43)45-24-15-25-46(35-45)48-36-51(39-18-8-4-5-9-19-39)58-53-47(48)28-26-41-27-29-50(57-52(41)53)38-16-10-6-11-17-38/h4-8,10-20,22-33,35-36,42,44H,1,9,21,34H2,2H3. The van der Waals surface area contributed by atoms with Crippen molar-refractivity contribution in [3.8, 4) is 22.4 Å². The lowest BCUT2D eigenvalue weighted by atomic mass is 9.85. The Labute approximate surface area is 345 Å². The number of hydrogen-bond acceptors (Lipinski definition) is 4. The van der Waals surface area contributed by atoms with E-state index in [1.807, 2.05) is 18.2 Å². The highest BCUT2D eigenvalue weighted by Gasteiger charge is 2.21. The van der Waals surface area contributed by atoms with Gasteiger partial charge in [-0.15, -0.1) is 5.73 Å². The fourth-order valence-electron chi connectivity index (χ4n) is 7.95. The maximum absolute atomic E-state index is 5.36. The van der Waals surface area contributed by atoms with E-state index in [-0.39, 0.29) is 11.8 Å². The molecule has 3 aliphatic carbocycles. The van der Waals surface area contributed by atoms with Crippen molar-refractivity contribution < 1.29 is 0 Å². The van der Waals surface area contributed by atoms with Crippen molar-refractivity contribution in [1.82, 2.24) is 15.0 Å². The van der Waals surface area contributed by atoms with E-state index in [1.54, 1.807) is 12.4 Å². The van der Waals surface area contributed by atoms with Gasteiger partial charge >= 0.3 is 0 Å². The molecule has 0 fully saturated rings. The fraction of sp³-hybridized carbons (Fsp3) is 0.111. The number of aliphatic imine (C=N–C) groups is 2. The molecule has 0 saturated heterocycles. The van der Waals surface area contributed by atoms with Crippen molar-refractivity contribution in [2.24, 2.45) is 15.9 Å². The summed E-state index contributed by atoms with van der Waals surface area (Å²) in [4.78, 5) is 25.1. The average molecular weight is 762 g/mol. The number of pyridine rings is 3. The van der Waals surface area contributed by atoms with E-state index in [4.69, 9.17) is 20.0 Å². The second kappa shape index (κ2) is 17.0. The first kappa shape index (κ1) is 37.3. The summed E-state index contributed by atoms with van der Waals surface area (Å²) in [5.41, 5.74) is 16.1. The van der Waals surface area contributed by atoms with Crippen LogP contribution in [-0.4, -0.2) is 26.5 Å². The van der Waals surface area contributed by atoms with E-state index in [1.165, 1.54) is 11.1 Å². The Morgan fingerprint density at radius 2 is 1.58 bits per heavy atom. The number of fused-ring (bicyclic) bond motifs is 3. The summed E-state index contributed by atoms with van der Waals surface area (Å²) >= 11 is 0.